The molecule has 162 valence electrons. The van der Waals surface area contributed by atoms with Gasteiger partial charge in [-0.1, -0.05) is 38.1 Å². The molecule has 0 N–H and O–H groups in total. The highest BCUT2D eigenvalue weighted by molar-refractivity contribution is 5.93. The lowest BCUT2D eigenvalue weighted by molar-refractivity contribution is 0.0484. The summed E-state index contributed by atoms with van der Waals surface area (Å²) in [5.74, 6) is -0.535. The molecule has 1 aliphatic rings. The van der Waals surface area contributed by atoms with Crippen LogP contribution in [0.2, 0.25) is 0 Å². The summed E-state index contributed by atoms with van der Waals surface area (Å²) < 4.78 is 24.9. The Morgan fingerprint density at radius 3 is 2.61 bits per heavy atom. The van der Waals surface area contributed by atoms with Crippen LogP contribution in [0.3, 0.4) is 0 Å². The van der Waals surface area contributed by atoms with Crippen molar-refractivity contribution in [3.63, 3.8) is 0 Å². The zero-order valence-corrected chi connectivity index (χ0v) is 17.8. The first-order valence-electron chi connectivity index (χ1n) is 10.6. The zero-order chi connectivity index (χ0) is 22.0. The van der Waals surface area contributed by atoms with Gasteiger partial charge >= 0.3 is 0 Å². The largest absolute Gasteiger partial charge is 0.451 e. The van der Waals surface area contributed by atoms with E-state index >= 15 is 0 Å². The molecule has 1 saturated heterocycles. The number of amides is 1. The van der Waals surface area contributed by atoms with Crippen molar-refractivity contribution in [2.45, 2.75) is 45.3 Å². The van der Waals surface area contributed by atoms with E-state index < -0.39 is 11.2 Å². The van der Waals surface area contributed by atoms with Crippen LogP contribution in [0.1, 0.15) is 54.3 Å². The summed E-state index contributed by atoms with van der Waals surface area (Å²) >= 11 is 0. The van der Waals surface area contributed by atoms with Gasteiger partial charge in [0.05, 0.1) is 11.5 Å². The fourth-order valence-electron chi connectivity index (χ4n) is 3.87. The van der Waals surface area contributed by atoms with E-state index in [0.29, 0.717) is 25.6 Å². The molecule has 1 aliphatic heterocycles. The third-order valence-corrected chi connectivity index (χ3v) is 5.66. The van der Waals surface area contributed by atoms with Crippen molar-refractivity contribution >= 4 is 16.9 Å². The molecule has 0 unspecified atom stereocenters. The van der Waals surface area contributed by atoms with E-state index in [0.717, 1.165) is 30.5 Å². The Bertz CT molecular complexity index is 1130. The van der Waals surface area contributed by atoms with Gasteiger partial charge in [0, 0.05) is 25.8 Å². The van der Waals surface area contributed by atoms with E-state index in [1.807, 2.05) is 12.1 Å². The molecule has 5 nitrogen and oxygen atoms in total. The van der Waals surface area contributed by atoms with E-state index in [-0.39, 0.29) is 28.7 Å². The summed E-state index contributed by atoms with van der Waals surface area (Å²) in [7, 11) is 0. The lowest BCUT2D eigenvalue weighted by atomic mass is 10.0. The van der Waals surface area contributed by atoms with Gasteiger partial charge in [-0.25, -0.2) is 4.39 Å². The Morgan fingerprint density at radius 1 is 1.16 bits per heavy atom. The van der Waals surface area contributed by atoms with Crippen LogP contribution >= 0.6 is 0 Å². The van der Waals surface area contributed by atoms with E-state index in [2.05, 4.69) is 26.0 Å². The summed E-state index contributed by atoms with van der Waals surface area (Å²) in [6, 6.07) is 13.0. The lowest BCUT2D eigenvalue weighted by Gasteiger charge is -2.25. The molecule has 31 heavy (non-hydrogen) atoms. The highest BCUT2D eigenvalue weighted by atomic mass is 19.1. The molecule has 1 aromatic heterocycles. The average molecular weight is 423 g/mol. The van der Waals surface area contributed by atoms with E-state index in [1.54, 1.807) is 4.90 Å². The van der Waals surface area contributed by atoms with Crippen molar-refractivity contribution in [2.75, 3.05) is 13.2 Å². The smallest absolute Gasteiger partial charge is 0.290 e. The van der Waals surface area contributed by atoms with Crippen molar-refractivity contribution in [2.24, 2.45) is 0 Å². The Kier molecular flexibility index (Phi) is 6.18. The van der Waals surface area contributed by atoms with Crippen molar-refractivity contribution in [3.05, 3.63) is 81.5 Å². The minimum Gasteiger partial charge on any atom is -0.451 e. The fraction of sp³-hybridized carbons (Fsp3) is 0.360. The first kappa shape index (κ1) is 21.2. The molecule has 6 heteroatoms. The normalized spacial score (nSPS) is 16.2. The van der Waals surface area contributed by atoms with Gasteiger partial charge in [-0.3, -0.25) is 9.59 Å². The molecule has 2 heterocycles. The maximum atomic E-state index is 13.5. The van der Waals surface area contributed by atoms with Crippen LogP contribution in [-0.4, -0.2) is 30.1 Å². The molecule has 1 atom stereocenters. The molecule has 3 aromatic rings. The number of benzene rings is 2. The lowest BCUT2D eigenvalue weighted by Crippen LogP contribution is -2.37. The number of carbonyl (C=O) groups excluding carboxylic acids is 1. The predicted molar refractivity (Wildman–Crippen MR) is 117 cm³/mol. The Labute approximate surface area is 180 Å². The van der Waals surface area contributed by atoms with Gasteiger partial charge in [-0.05, 0) is 48.1 Å². The maximum Gasteiger partial charge on any atom is 0.290 e. The van der Waals surface area contributed by atoms with Crippen molar-refractivity contribution in [1.82, 2.24) is 4.90 Å². The predicted octanol–water partition coefficient (Wildman–Crippen LogP) is 4.88. The molecule has 4 rings (SSSR count). The number of hydrogen-bond donors (Lipinski definition) is 0. The SMILES string of the molecule is CC(C)c1ccc(CN(C[C@@H]2CCCO2)C(=O)c2cc(=O)c3cc(F)ccc3o2)cc1. The molecule has 1 amide bonds. The van der Waals surface area contributed by atoms with Crippen molar-refractivity contribution in [1.29, 1.82) is 0 Å². The van der Waals surface area contributed by atoms with Crippen LogP contribution in [0.4, 0.5) is 4.39 Å². The number of hydrogen-bond acceptors (Lipinski definition) is 4. The van der Waals surface area contributed by atoms with Crippen LogP contribution in [0.15, 0.2) is 57.7 Å². The summed E-state index contributed by atoms with van der Waals surface area (Å²) in [6.45, 7) is 5.75. The van der Waals surface area contributed by atoms with E-state index in [9.17, 15) is 14.0 Å². The minimum absolute atomic E-state index is 0.0415. The van der Waals surface area contributed by atoms with Crippen LogP contribution in [-0.2, 0) is 11.3 Å². The quantitative estimate of drug-likeness (QED) is 0.567. The second-order valence-corrected chi connectivity index (χ2v) is 8.33. The summed E-state index contributed by atoms with van der Waals surface area (Å²) in [5.41, 5.74) is 1.97. The zero-order valence-electron chi connectivity index (χ0n) is 17.8. The first-order chi connectivity index (χ1) is 14.9. The summed E-state index contributed by atoms with van der Waals surface area (Å²) in [6.07, 6.45) is 1.81. The molecule has 0 spiro atoms. The molecular formula is C25H26FNO4. The van der Waals surface area contributed by atoms with Gasteiger partial charge in [0.1, 0.15) is 11.4 Å². The topological polar surface area (TPSA) is 59.8 Å². The van der Waals surface area contributed by atoms with E-state index in [1.165, 1.54) is 17.7 Å². The highest BCUT2D eigenvalue weighted by Crippen LogP contribution is 2.21. The Hall–Kier alpha value is -2.99. The number of carbonyl (C=O) groups is 1. The summed E-state index contributed by atoms with van der Waals surface area (Å²) in [5, 5.41) is 0.117. The van der Waals surface area contributed by atoms with Crippen LogP contribution < -0.4 is 5.43 Å². The molecule has 2 aromatic carbocycles. The van der Waals surface area contributed by atoms with Gasteiger partial charge in [0.2, 0.25) is 0 Å². The van der Waals surface area contributed by atoms with Crippen LogP contribution in [0, 0.1) is 5.82 Å². The molecule has 0 radical (unpaired) electrons. The maximum absolute atomic E-state index is 13.5. The Balaban J connectivity index is 1.63. The third kappa shape index (κ3) is 4.85. The van der Waals surface area contributed by atoms with Crippen molar-refractivity contribution in [3.8, 4) is 0 Å². The van der Waals surface area contributed by atoms with Crippen molar-refractivity contribution < 1.29 is 18.3 Å². The van der Waals surface area contributed by atoms with Crippen LogP contribution in [0.5, 0.6) is 0 Å². The number of rotatable bonds is 6. The molecule has 0 saturated carbocycles. The van der Waals surface area contributed by atoms with Gasteiger partial charge < -0.3 is 14.1 Å². The molecule has 0 bridgehead atoms. The van der Waals surface area contributed by atoms with Gasteiger partial charge in [0.25, 0.3) is 5.91 Å². The molecule has 0 aliphatic carbocycles. The standard InChI is InChI=1S/C25H26FNO4/c1-16(2)18-7-5-17(6-8-18)14-27(15-20-4-3-11-30-20)25(29)24-13-22(28)21-12-19(26)9-10-23(21)31-24/h5-10,12-13,16,20H,3-4,11,14-15H2,1-2H3/t20-/m0/s1. The van der Waals surface area contributed by atoms with Gasteiger partial charge in [-0.2, -0.15) is 0 Å². The second kappa shape index (κ2) is 9.02. The van der Waals surface area contributed by atoms with Gasteiger partial charge in [-0.15, -0.1) is 0 Å². The third-order valence-electron chi connectivity index (χ3n) is 5.66. The number of nitrogens with zero attached hydrogens (tertiary/aromatic N) is 1. The van der Waals surface area contributed by atoms with Gasteiger partial charge in [0.15, 0.2) is 11.2 Å². The first-order valence-corrected chi connectivity index (χ1v) is 10.6. The number of halogens is 1. The average Bonchev–Trinajstić information content (AvgIpc) is 3.26. The highest BCUT2D eigenvalue weighted by Gasteiger charge is 2.26. The van der Waals surface area contributed by atoms with Crippen LogP contribution in [0.25, 0.3) is 11.0 Å². The number of fused-ring (bicyclic) bond motifs is 1. The summed E-state index contributed by atoms with van der Waals surface area (Å²) in [4.78, 5) is 27.5. The van der Waals surface area contributed by atoms with E-state index in [4.69, 9.17) is 9.15 Å². The Morgan fingerprint density at radius 2 is 1.94 bits per heavy atom. The molecule has 1 fully saturated rings. The second-order valence-electron chi connectivity index (χ2n) is 8.33. The minimum atomic E-state index is -0.524. The molecular weight excluding hydrogens is 397 g/mol. The number of ether oxygens (including phenoxy) is 1. The monoisotopic (exact) mass is 423 g/mol. The fourth-order valence-corrected chi connectivity index (χ4v) is 3.87.